The monoisotopic (exact) mass is 363 g/mol. The molecule has 3 amide bonds. The van der Waals surface area contributed by atoms with Crippen molar-refractivity contribution in [2.75, 3.05) is 23.7 Å². The maximum absolute atomic E-state index is 13.7. The molecule has 1 fully saturated rings. The number of carbonyl (C=O) groups is 3. The number of likely N-dealkylation sites (tertiary alicyclic amines) is 1. The van der Waals surface area contributed by atoms with Crippen molar-refractivity contribution in [3.63, 3.8) is 0 Å². The van der Waals surface area contributed by atoms with E-state index >= 15 is 0 Å². The van der Waals surface area contributed by atoms with Crippen LogP contribution in [0.4, 0.5) is 15.8 Å². The van der Waals surface area contributed by atoms with Crippen molar-refractivity contribution in [1.82, 2.24) is 4.90 Å². The lowest BCUT2D eigenvalue weighted by Crippen LogP contribution is -2.45. The van der Waals surface area contributed by atoms with Crippen LogP contribution in [0.2, 0.25) is 0 Å². The lowest BCUT2D eigenvalue weighted by atomic mass is 9.90. The van der Waals surface area contributed by atoms with Gasteiger partial charge in [-0.2, -0.15) is 0 Å². The topological polar surface area (TPSA) is 78.5 Å². The van der Waals surface area contributed by atoms with Crippen molar-refractivity contribution < 1.29 is 18.8 Å². The lowest BCUT2D eigenvalue weighted by Gasteiger charge is -2.35. The van der Waals surface area contributed by atoms with Gasteiger partial charge >= 0.3 is 0 Å². The molecule has 0 atom stereocenters. The number of amides is 3. The minimum absolute atomic E-state index is 0.0286. The highest BCUT2D eigenvalue weighted by Crippen LogP contribution is 2.25. The number of hydrogen-bond acceptors (Lipinski definition) is 3. The second-order valence-electron chi connectivity index (χ2n) is 7.68. The van der Waals surface area contributed by atoms with Crippen LogP contribution in [0.25, 0.3) is 0 Å². The predicted molar refractivity (Wildman–Crippen MR) is 98.1 cm³/mol. The Bertz CT molecular complexity index is 704. The van der Waals surface area contributed by atoms with Crippen molar-refractivity contribution >= 4 is 29.1 Å². The molecule has 0 radical (unpaired) electrons. The molecule has 2 rings (SSSR count). The van der Waals surface area contributed by atoms with E-state index in [2.05, 4.69) is 10.6 Å². The second kappa shape index (κ2) is 7.85. The van der Waals surface area contributed by atoms with Crippen molar-refractivity contribution in [3.05, 3.63) is 24.0 Å². The third-order valence-corrected chi connectivity index (χ3v) is 4.34. The third kappa shape index (κ3) is 5.03. The zero-order chi connectivity index (χ0) is 19.5. The van der Waals surface area contributed by atoms with Gasteiger partial charge in [-0.05, 0) is 31.0 Å². The van der Waals surface area contributed by atoms with Gasteiger partial charge in [0, 0.05) is 37.0 Å². The minimum atomic E-state index is -0.563. The van der Waals surface area contributed by atoms with Gasteiger partial charge in [0.15, 0.2) is 0 Å². The van der Waals surface area contributed by atoms with Crippen LogP contribution in [0, 0.1) is 17.2 Å². The molecule has 0 aromatic heterocycles. The summed E-state index contributed by atoms with van der Waals surface area (Å²) in [6.07, 6.45) is 1.18. The van der Waals surface area contributed by atoms with Crippen LogP contribution in [0.5, 0.6) is 0 Å². The van der Waals surface area contributed by atoms with Gasteiger partial charge in [0.2, 0.25) is 17.7 Å². The molecule has 1 saturated heterocycles. The van der Waals surface area contributed by atoms with Crippen LogP contribution in [0.15, 0.2) is 18.2 Å². The summed E-state index contributed by atoms with van der Waals surface area (Å²) in [5.41, 5.74) is 0.0257. The fraction of sp³-hybridized carbons (Fsp3) is 0.526. The summed E-state index contributed by atoms with van der Waals surface area (Å²) in [6.45, 7) is 8.04. The van der Waals surface area contributed by atoms with Crippen molar-refractivity contribution in [1.29, 1.82) is 0 Å². The minimum Gasteiger partial charge on any atom is -0.342 e. The van der Waals surface area contributed by atoms with Gasteiger partial charge in [0.25, 0.3) is 0 Å². The zero-order valence-corrected chi connectivity index (χ0v) is 15.7. The van der Waals surface area contributed by atoms with Gasteiger partial charge in [-0.15, -0.1) is 0 Å². The highest BCUT2D eigenvalue weighted by Gasteiger charge is 2.32. The summed E-state index contributed by atoms with van der Waals surface area (Å²) in [7, 11) is 0. The summed E-state index contributed by atoms with van der Waals surface area (Å²) in [6, 6.07) is 4.05. The van der Waals surface area contributed by atoms with E-state index in [1.54, 1.807) is 4.90 Å². The Kier molecular flexibility index (Phi) is 6.00. The fourth-order valence-electron chi connectivity index (χ4n) is 2.95. The van der Waals surface area contributed by atoms with Crippen LogP contribution in [0.3, 0.4) is 0 Å². The molecule has 0 unspecified atom stereocenters. The normalized spacial score (nSPS) is 15.5. The van der Waals surface area contributed by atoms with Crippen LogP contribution in [-0.2, 0) is 14.4 Å². The highest BCUT2D eigenvalue weighted by atomic mass is 19.1. The molecular weight excluding hydrogens is 337 g/mol. The maximum Gasteiger partial charge on any atom is 0.227 e. The number of nitrogens with zero attached hydrogens (tertiary/aromatic N) is 1. The van der Waals surface area contributed by atoms with Crippen molar-refractivity contribution in [2.45, 2.75) is 40.5 Å². The fourth-order valence-corrected chi connectivity index (χ4v) is 2.95. The third-order valence-electron chi connectivity index (χ3n) is 4.34. The van der Waals surface area contributed by atoms with E-state index in [1.807, 2.05) is 20.8 Å². The number of anilines is 2. The molecule has 0 bridgehead atoms. The first-order valence-electron chi connectivity index (χ1n) is 8.75. The number of benzene rings is 1. The summed E-state index contributed by atoms with van der Waals surface area (Å²) in [5, 5.41) is 5.16. The quantitative estimate of drug-likeness (QED) is 0.866. The molecule has 1 aliphatic heterocycles. The first-order valence-corrected chi connectivity index (χ1v) is 8.75. The highest BCUT2D eigenvalue weighted by molar-refractivity contribution is 5.94. The van der Waals surface area contributed by atoms with E-state index < -0.39 is 11.2 Å². The van der Waals surface area contributed by atoms with E-state index in [1.165, 1.54) is 25.1 Å². The molecule has 0 saturated carbocycles. The summed E-state index contributed by atoms with van der Waals surface area (Å²) in [5.74, 6) is -1.22. The lowest BCUT2D eigenvalue weighted by molar-refractivity contribution is -0.142. The molecule has 26 heavy (non-hydrogen) atoms. The van der Waals surface area contributed by atoms with Gasteiger partial charge in [0.05, 0.1) is 5.69 Å². The number of carbonyl (C=O) groups excluding carboxylic acids is 3. The van der Waals surface area contributed by atoms with E-state index in [9.17, 15) is 18.8 Å². The molecule has 0 spiro atoms. The number of rotatable bonds is 3. The first-order chi connectivity index (χ1) is 12.1. The molecule has 7 heteroatoms. The predicted octanol–water partition coefficient (Wildman–Crippen LogP) is 3.01. The Morgan fingerprint density at radius 2 is 1.73 bits per heavy atom. The molecule has 1 aromatic carbocycles. The van der Waals surface area contributed by atoms with Gasteiger partial charge in [-0.25, -0.2) is 4.39 Å². The molecule has 1 aliphatic rings. The van der Waals surface area contributed by atoms with E-state index in [0.717, 1.165) is 0 Å². The van der Waals surface area contributed by atoms with Crippen LogP contribution in [-0.4, -0.2) is 35.7 Å². The largest absolute Gasteiger partial charge is 0.342 e. The van der Waals surface area contributed by atoms with Crippen LogP contribution < -0.4 is 10.6 Å². The second-order valence-corrected chi connectivity index (χ2v) is 7.68. The molecule has 1 heterocycles. The van der Waals surface area contributed by atoms with Crippen LogP contribution >= 0.6 is 0 Å². The smallest absolute Gasteiger partial charge is 0.227 e. The first kappa shape index (κ1) is 19.9. The summed E-state index contributed by atoms with van der Waals surface area (Å²) in [4.78, 5) is 37.7. The van der Waals surface area contributed by atoms with Crippen molar-refractivity contribution in [3.8, 4) is 0 Å². The SMILES string of the molecule is CC(=O)Nc1cc(NC(=O)C2CCN(C(=O)C(C)(C)C)CC2)ccc1F. The Balaban J connectivity index is 1.95. The number of halogens is 1. The summed E-state index contributed by atoms with van der Waals surface area (Å²) >= 11 is 0. The van der Waals surface area contributed by atoms with Gasteiger partial charge < -0.3 is 15.5 Å². The van der Waals surface area contributed by atoms with Crippen molar-refractivity contribution in [2.24, 2.45) is 11.3 Å². The molecular formula is C19H26FN3O3. The van der Waals surface area contributed by atoms with Gasteiger partial charge in [0.1, 0.15) is 5.82 Å². The number of hydrogen-bond donors (Lipinski definition) is 2. The molecule has 1 aromatic rings. The average molecular weight is 363 g/mol. The zero-order valence-electron chi connectivity index (χ0n) is 15.7. The van der Waals surface area contributed by atoms with Crippen LogP contribution in [0.1, 0.15) is 40.5 Å². The van der Waals surface area contributed by atoms with Gasteiger partial charge in [-0.1, -0.05) is 20.8 Å². The van der Waals surface area contributed by atoms with Gasteiger partial charge in [-0.3, -0.25) is 14.4 Å². The Morgan fingerprint density at radius 1 is 1.12 bits per heavy atom. The molecule has 6 nitrogen and oxygen atoms in total. The molecule has 0 aliphatic carbocycles. The number of piperidine rings is 1. The Morgan fingerprint density at radius 3 is 2.27 bits per heavy atom. The van der Waals surface area contributed by atoms with E-state index in [0.29, 0.717) is 31.6 Å². The molecule has 2 N–H and O–H groups in total. The van der Waals surface area contributed by atoms with E-state index in [-0.39, 0.29) is 29.3 Å². The summed E-state index contributed by atoms with van der Waals surface area (Å²) < 4.78 is 13.7. The molecule has 142 valence electrons. The average Bonchev–Trinajstić information content (AvgIpc) is 2.56. The maximum atomic E-state index is 13.7. The number of nitrogens with one attached hydrogen (secondary N) is 2. The Labute approximate surface area is 153 Å². The standard InChI is InChI=1S/C19H26FN3O3/c1-12(24)21-16-11-14(5-6-15(16)20)22-17(25)13-7-9-23(10-8-13)18(26)19(2,3)4/h5-6,11,13H,7-10H2,1-4H3,(H,21,24)(H,22,25). The Hall–Kier alpha value is -2.44. The van der Waals surface area contributed by atoms with E-state index in [4.69, 9.17) is 0 Å².